The summed E-state index contributed by atoms with van der Waals surface area (Å²) in [5, 5.41) is 13.3. The summed E-state index contributed by atoms with van der Waals surface area (Å²) in [6, 6.07) is 6.00. The van der Waals surface area contributed by atoms with Crippen LogP contribution in [0.2, 0.25) is 0 Å². The summed E-state index contributed by atoms with van der Waals surface area (Å²) >= 11 is 0. The van der Waals surface area contributed by atoms with Gasteiger partial charge in [-0.15, -0.1) is 0 Å². The van der Waals surface area contributed by atoms with Gasteiger partial charge < -0.3 is 5.32 Å². The summed E-state index contributed by atoms with van der Waals surface area (Å²) in [6.45, 7) is 0.543. The van der Waals surface area contributed by atoms with Crippen LogP contribution in [0.3, 0.4) is 0 Å². The van der Waals surface area contributed by atoms with E-state index in [9.17, 15) is 23.3 Å². The molecule has 1 aromatic rings. The van der Waals surface area contributed by atoms with E-state index in [0.717, 1.165) is 0 Å². The first-order valence-corrected chi connectivity index (χ1v) is 5.39. The van der Waals surface area contributed by atoms with Crippen LogP contribution in [0.1, 0.15) is 18.4 Å². The molecule has 0 bridgehead atoms. The highest BCUT2D eigenvalue weighted by atomic mass is 19.4. The van der Waals surface area contributed by atoms with Gasteiger partial charge in [0, 0.05) is 25.1 Å². The minimum atomic E-state index is -4.13. The molecule has 0 amide bonds. The first-order valence-electron chi connectivity index (χ1n) is 5.39. The van der Waals surface area contributed by atoms with Gasteiger partial charge in [0.2, 0.25) is 0 Å². The lowest BCUT2D eigenvalue weighted by molar-refractivity contribution is -0.384. The van der Waals surface area contributed by atoms with Crippen molar-refractivity contribution in [1.82, 2.24) is 5.32 Å². The number of rotatable bonds is 6. The molecule has 0 radical (unpaired) electrons. The maximum absolute atomic E-state index is 11.8. The van der Waals surface area contributed by atoms with E-state index in [2.05, 4.69) is 5.32 Å². The number of alkyl halides is 3. The molecule has 0 saturated carbocycles. The predicted octanol–water partition coefficient (Wildman–Crippen LogP) is 3.03. The van der Waals surface area contributed by atoms with E-state index in [1.807, 2.05) is 0 Å². The first kappa shape index (κ1) is 14.4. The van der Waals surface area contributed by atoms with E-state index in [1.165, 1.54) is 12.1 Å². The lowest BCUT2D eigenvalue weighted by Gasteiger charge is -2.07. The normalized spacial score (nSPS) is 11.5. The van der Waals surface area contributed by atoms with Gasteiger partial charge in [-0.3, -0.25) is 10.1 Å². The molecule has 1 aromatic carbocycles. The van der Waals surface area contributed by atoms with Gasteiger partial charge in [-0.25, -0.2) is 0 Å². The van der Waals surface area contributed by atoms with Gasteiger partial charge in [0.25, 0.3) is 5.69 Å². The van der Waals surface area contributed by atoms with E-state index < -0.39 is 17.5 Å². The molecule has 100 valence electrons. The van der Waals surface area contributed by atoms with Gasteiger partial charge in [-0.1, -0.05) is 12.1 Å². The molecule has 0 aliphatic heterocycles. The number of nitrogens with zero attached hydrogens (tertiary/aromatic N) is 1. The zero-order valence-electron chi connectivity index (χ0n) is 9.54. The van der Waals surface area contributed by atoms with Crippen LogP contribution in [-0.4, -0.2) is 17.6 Å². The Balaban J connectivity index is 2.31. The average molecular weight is 262 g/mol. The van der Waals surface area contributed by atoms with Crippen molar-refractivity contribution >= 4 is 5.69 Å². The van der Waals surface area contributed by atoms with Crippen molar-refractivity contribution in [3.8, 4) is 0 Å². The Kier molecular flexibility index (Phi) is 5.08. The summed E-state index contributed by atoms with van der Waals surface area (Å²) < 4.78 is 35.5. The number of nitro groups is 1. The predicted molar refractivity (Wildman–Crippen MR) is 60.1 cm³/mol. The summed E-state index contributed by atoms with van der Waals surface area (Å²) in [5.41, 5.74) is 0.654. The van der Waals surface area contributed by atoms with Crippen LogP contribution < -0.4 is 5.32 Å². The number of halogens is 3. The largest absolute Gasteiger partial charge is 0.389 e. The molecule has 0 aromatic heterocycles. The summed E-state index contributed by atoms with van der Waals surface area (Å²) in [6.07, 6.45) is -4.96. The molecule has 0 saturated heterocycles. The number of nitro benzene ring substituents is 1. The van der Waals surface area contributed by atoms with Crippen LogP contribution in [0.25, 0.3) is 0 Å². The van der Waals surface area contributed by atoms with Crippen molar-refractivity contribution in [2.45, 2.75) is 25.6 Å². The third-order valence-corrected chi connectivity index (χ3v) is 2.26. The molecule has 0 fully saturated rings. The Morgan fingerprint density at radius 3 is 2.67 bits per heavy atom. The third kappa shape index (κ3) is 5.62. The summed E-state index contributed by atoms with van der Waals surface area (Å²) in [7, 11) is 0. The second kappa shape index (κ2) is 6.34. The van der Waals surface area contributed by atoms with Crippen molar-refractivity contribution in [1.29, 1.82) is 0 Å². The zero-order chi connectivity index (χ0) is 13.6. The smallest absolute Gasteiger partial charge is 0.313 e. The van der Waals surface area contributed by atoms with Gasteiger partial charge in [0.15, 0.2) is 0 Å². The third-order valence-electron chi connectivity index (χ3n) is 2.26. The van der Waals surface area contributed by atoms with Gasteiger partial charge in [0.1, 0.15) is 0 Å². The van der Waals surface area contributed by atoms with E-state index >= 15 is 0 Å². The minimum absolute atomic E-state index is 0.00156. The van der Waals surface area contributed by atoms with Gasteiger partial charge in [-0.2, -0.15) is 13.2 Å². The van der Waals surface area contributed by atoms with E-state index in [0.29, 0.717) is 12.1 Å². The molecule has 0 spiro atoms. The van der Waals surface area contributed by atoms with Crippen molar-refractivity contribution in [3.05, 3.63) is 39.9 Å². The molecule has 7 heteroatoms. The fourth-order valence-electron chi connectivity index (χ4n) is 1.43. The maximum Gasteiger partial charge on any atom is 0.389 e. The number of benzene rings is 1. The SMILES string of the molecule is O=[N+]([O-])c1cccc(CNCCCC(F)(F)F)c1. The minimum Gasteiger partial charge on any atom is -0.313 e. The molecule has 0 aliphatic rings. The van der Waals surface area contributed by atoms with Crippen molar-refractivity contribution < 1.29 is 18.1 Å². The highest BCUT2D eigenvalue weighted by Gasteiger charge is 2.25. The number of hydrogen-bond acceptors (Lipinski definition) is 3. The van der Waals surface area contributed by atoms with Gasteiger partial charge in [0.05, 0.1) is 4.92 Å². The monoisotopic (exact) mass is 262 g/mol. The molecule has 1 rings (SSSR count). The van der Waals surface area contributed by atoms with Crippen LogP contribution in [0.15, 0.2) is 24.3 Å². The van der Waals surface area contributed by atoms with Gasteiger partial charge >= 0.3 is 6.18 Å². The second-order valence-electron chi connectivity index (χ2n) is 3.82. The zero-order valence-corrected chi connectivity index (χ0v) is 9.54. The number of non-ortho nitro benzene ring substituents is 1. The van der Waals surface area contributed by atoms with Crippen molar-refractivity contribution in [3.63, 3.8) is 0 Å². The van der Waals surface area contributed by atoms with E-state index in [-0.39, 0.29) is 18.7 Å². The maximum atomic E-state index is 11.8. The standard InChI is InChI=1S/C11H13F3N2O2/c12-11(13,14)5-2-6-15-8-9-3-1-4-10(7-9)16(17)18/h1,3-4,7,15H,2,5-6,8H2. The summed E-state index contributed by atoms with van der Waals surface area (Å²) in [4.78, 5) is 9.99. The molecule has 0 unspecified atom stereocenters. The van der Waals surface area contributed by atoms with Crippen molar-refractivity contribution in [2.24, 2.45) is 0 Å². The Labute approximate surface area is 102 Å². The van der Waals surface area contributed by atoms with Crippen LogP contribution in [0.4, 0.5) is 18.9 Å². The fourth-order valence-corrected chi connectivity index (χ4v) is 1.43. The lowest BCUT2D eigenvalue weighted by atomic mass is 10.2. The Bertz CT molecular complexity index is 408. The Hall–Kier alpha value is -1.63. The highest BCUT2D eigenvalue weighted by Crippen LogP contribution is 2.20. The molecular weight excluding hydrogens is 249 g/mol. The van der Waals surface area contributed by atoms with Gasteiger partial charge in [-0.05, 0) is 18.5 Å². The highest BCUT2D eigenvalue weighted by molar-refractivity contribution is 5.34. The van der Waals surface area contributed by atoms with Crippen LogP contribution >= 0.6 is 0 Å². The molecule has 1 N–H and O–H groups in total. The molecule has 0 atom stereocenters. The van der Waals surface area contributed by atoms with E-state index in [1.54, 1.807) is 12.1 Å². The summed E-state index contributed by atoms with van der Waals surface area (Å²) in [5.74, 6) is 0. The lowest BCUT2D eigenvalue weighted by Crippen LogP contribution is -2.17. The second-order valence-corrected chi connectivity index (χ2v) is 3.82. The Morgan fingerprint density at radius 2 is 2.06 bits per heavy atom. The molecular formula is C11H13F3N2O2. The first-order chi connectivity index (χ1) is 8.38. The molecule has 0 heterocycles. The molecule has 0 aliphatic carbocycles. The quantitative estimate of drug-likeness (QED) is 0.487. The number of nitrogens with one attached hydrogen (secondary N) is 1. The Morgan fingerprint density at radius 1 is 1.33 bits per heavy atom. The van der Waals surface area contributed by atoms with Crippen molar-refractivity contribution in [2.75, 3.05) is 6.54 Å². The topological polar surface area (TPSA) is 55.2 Å². The van der Waals surface area contributed by atoms with Crippen LogP contribution in [0, 0.1) is 10.1 Å². The molecule has 18 heavy (non-hydrogen) atoms. The molecule has 4 nitrogen and oxygen atoms in total. The fraction of sp³-hybridized carbons (Fsp3) is 0.455. The number of hydrogen-bond donors (Lipinski definition) is 1. The average Bonchev–Trinajstić information content (AvgIpc) is 2.27. The van der Waals surface area contributed by atoms with Crippen LogP contribution in [0.5, 0.6) is 0 Å². The van der Waals surface area contributed by atoms with E-state index in [4.69, 9.17) is 0 Å². The van der Waals surface area contributed by atoms with Crippen LogP contribution in [-0.2, 0) is 6.54 Å².